The second-order valence-electron chi connectivity index (χ2n) is 5.53. The quantitative estimate of drug-likeness (QED) is 0.585. The summed E-state index contributed by atoms with van der Waals surface area (Å²) in [5.41, 5.74) is 0.514. The Morgan fingerprint density at radius 2 is 1.83 bits per heavy atom. The van der Waals surface area contributed by atoms with Crippen molar-refractivity contribution in [3.63, 3.8) is 0 Å². The van der Waals surface area contributed by atoms with Crippen LogP contribution in [0.3, 0.4) is 0 Å². The van der Waals surface area contributed by atoms with Crippen LogP contribution in [0, 0.1) is 10.1 Å². The van der Waals surface area contributed by atoms with Crippen molar-refractivity contribution in [1.29, 1.82) is 0 Å². The van der Waals surface area contributed by atoms with Gasteiger partial charge in [0.15, 0.2) is 0 Å². The Labute approximate surface area is 130 Å². The Hall–Kier alpha value is -2.57. The molecular weight excluding hydrogens is 309 g/mol. The maximum Gasteiger partial charge on any atom is 0.418 e. The first-order valence-corrected chi connectivity index (χ1v) is 7.01. The minimum atomic E-state index is -4.45. The van der Waals surface area contributed by atoms with Gasteiger partial charge in [0.1, 0.15) is 0 Å². The standard InChI is InChI=1S/C16H13F3N2O2/c1-10-9-20(11-5-7-12(8-6-11)21(22)23)15-13(10)3-2-4-14(15)16(17,18)19/h2-8,10H,9H2,1H3. The zero-order valence-corrected chi connectivity index (χ0v) is 12.2. The number of nitro benzene ring substituents is 1. The number of fused-ring (bicyclic) bond motifs is 1. The van der Waals surface area contributed by atoms with Crippen LogP contribution in [0.1, 0.15) is 24.0 Å². The molecule has 0 aliphatic carbocycles. The Bertz CT molecular complexity index is 757. The number of hydrogen-bond donors (Lipinski definition) is 0. The molecule has 1 heterocycles. The predicted octanol–water partition coefficient (Wildman–Crippen LogP) is 4.87. The number of non-ortho nitro benzene ring substituents is 1. The summed E-state index contributed by atoms with van der Waals surface area (Å²) in [7, 11) is 0. The fourth-order valence-electron chi connectivity index (χ4n) is 2.94. The molecule has 0 spiro atoms. The molecule has 0 saturated carbocycles. The summed E-state index contributed by atoms with van der Waals surface area (Å²) in [6, 6.07) is 9.73. The second kappa shape index (κ2) is 5.26. The highest BCUT2D eigenvalue weighted by molar-refractivity contribution is 5.75. The van der Waals surface area contributed by atoms with Crippen molar-refractivity contribution in [2.45, 2.75) is 19.0 Å². The second-order valence-corrected chi connectivity index (χ2v) is 5.53. The van der Waals surface area contributed by atoms with E-state index in [-0.39, 0.29) is 17.3 Å². The first-order valence-electron chi connectivity index (χ1n) is 7.01. The molecule has 0 N–H and O–H groups in total. The van der Waals surface area contributed by atoms with Crippen LogP contribution in [0.25, 0.3) is 0 Å². The van der Waals surface area contributed by atoms with Gasteiger partial charge in [-0.15, -0.1) is 0 Å². The molecular formula is C16H13F3N2O2. The van der Waals surface area contributed by atoms with E-state index in [1.54, 1.807) is 11.0 Å². The Balaban J connectivity index is 2.10. The van der Waals surface area contributed by atoms with Crippen molar-refractivity contribution < 1.29 is 18.1 Å². The molecule has 120 valence electrons. The molecule has 1 aliphatic rings. The lowest BCUT2D eigenvalue weighted by molar-refractivity contribution is -0.384. The van der Waals surface area contributed by atoms with E-state index >= 15 is 0 Å². The summed E-state index contributed by atoms with van der Waals surface area (Å²) < 4.78 is 39.9. The molecule has 3 rings (SSSR count). The van der Waals surface area contributed by atoms with E-state index in [0.717, 1.165) is 6.07 Å². The van der Waals surface area contributed by atoms with E-state index in [2.05, 4.69) is 0 Å². The molecule has 23 heavy (non-hydrogen) atoms. The zero-order valence-electron chi connectivity index (χ0n) is 12.2. The minimum Gasteiger partial charge on any atom is -0.340 e. The number of nitro groups is 1. The maximum atomic E-state index is 13.3. The fraction of sp³-hybridized carbons (Fsp3) is 0.250. The van der Waals surface area contributed by atoms with Crippen molar-refractivity contribution in [3.05, 3.63) is 63.7 Å². The molecule has 2 aromatic carbocycles. The Morgan fingerprint density at radius 3 is 2.39 bits per heavy atom. The lowest BCUT2D eigenvalue weighted by Gasteiger charge is -2.23. The van der Waals surface area contributed by atoms with Gasteiger partial charge in [0.25, 0.3) is 5.69 Å². The Kier molecular flexibility index (Phi) is 3.50. The van der Waals surface area contributed by atoms with Gasteiger partial charge in [-0.05, 0) is 23.8 Å². The van der Waals surface area contributed by atoms with E-state index < -0.39 is 16.7 Å². The molecule has 0 aromatic heterocycles. The van der Waals surface area contributed by atoms with Gasteiger partial charge in [0.05, 0.1) is 16.2 Å². The SMILES string of the molecule is CC1CN(c2ccc([N+](=O)[O-])cc2)c2c1cccc2C(F)(F)F. The van der Waals surface area contributed by atoms with Crippen LogP contribution in [0.15, 0.2) is 42.5 Å². The van der Waals surface area contributed by atoms with E-state index in [9.17, 15) is 23.3 Å². The molecule has 0 amide bonds. The van der Waals surface area contributed by atoms with Crippen molar-refractivity contribution in [2.24, 2.45) is 0 Å². The summed E-state index contributed by atoms with van der Waals surface area (Å²) in [6.07, 6.45) is -4.45. The highest BCUT2D eigenvalue weighted by Gasteiger charge is 2.39. The average molecular weight is 322 g/mol. The molecule has 2 aromatic rings. The van der Waals surface area contributed by atoms with Gasteiger partial charge in [-0.25, -0.2) is 0 Å². The van der Waals surface area contributed by atoms with Crippen molar-refractivity contribution in [3.8, 4) is 0 Å². The molecule has 1 aliphatic heterocycles. The van der Waals surface area contributed by atoms with Crippen molar-refractivity contribution in [1.82, 2.24) is 0 Å². The first-order chi connectivity index (χ1) is 10.8. The first kappa shape index (κ1) is 15.3. The third-order valence-electron chi connectivity index (χ3n) is 4.00. The van der Waals surface area contributed by atoms with Gasteiger partial charge >= 0.3 is 6.18 Å². The predicted molar refractivity (Wildman–Crippen MR) is 80.0 cm³/mol. The number of nitrogens with zero attached hydrogens (tertiary/aromatic N) is 2. The highest BCUT2D eigenvalue weighted by Crippen LogP contribution is 2.47. The van der Waals surface area contributed by atoms with Crippen LogP contribution >= 0.6 is 0 Å². The van der Waals surface area contributed by atoms with Crippen LogP contribution in [-0.4, -0.2) is 11.5 Å². The third kappa shape index (κ3) is 2.62. The van der Waals surface area contributed by atoms with Crippen molar-refractivity contribution in [2.75, 3.05) is 11.4 Å². The van der Waals surface area contributed by atoms with Crippen molar-refractivity contribution >= 4 is 17.1 Å². The van der Waals surface area contributed by atoms with Crippen LogP contribution in [0.5, 0.6) is 0 Å². The van der Waals surface area contributed by atoms with Crippen LogP contribution < -0.4 is 4.90 Å². The van der Waals surface area contributed by atoms with Gasteiger partial charge in [0.2, 0.25) is 0 Å². The molecule has 1 unspecified atom stereocenters. The number of para-hydroxylation sites is 1. The normalized spacial score (nSPS) is 17.2. The number of anilines is 2. The van der Waals surface area contributed by atoms with E-state index in [0.29, 0.717) is 17.8 Å². The molecule has 0 saturated heterocycles. The fourth-order valence-corrected chi connectivity index (χ4v) is 2.94. The third-order valence-corrected chi connectivity index (χ3v) is 4.00. The summed E-state index contributed by atoms with van der Waals surface area (Å²) >= 11 is 0. The molecule has 0 bridgehead atoms. The van der Waals surface area contributed by atoms with E-state index in [1.165, 1.54) is 30.3 Å². The number of alkyl halides is 3. The lowest BCUT2D eigenvalue weighted by atomic mass is 10.0. The topological polar surface area (TPSA) is 46.4 Å². The largest absolute Gasteiger partial charge is 0.418 e. The van der Waals surface area contributed by atoms with Gasteiger partial charge in [-0.1, -0.05) is 19.1 Å². The van der Waals surface area contributed by atoms with Crippen LogP contribution in [0.4, 0.5) is 30.2 Å². The minimum absolute atomic E-state index is 0.0532. The number of benzene rings is 2. The van der Waals surface area contributed by atoms with E-state index in [1.807, 2.05) is 6.92 Å². The molecule has 0 radical (unpaired) electrons. The smallest absolute Gasteiger partial charge is 0.340 e. The summed E-state index contributed by atoms with van der Waals surface area (Å²) in [4.78, 5) is 11.8. The summed E-state index contributed by atoms with van der Waals surface area (Å²) in [6.45, 7) is 2.27. The molecule has 1 atom stereocenters. The number of rotatable bonds is 2. The van der Waals surface area contributed by atoms with Gasteiger partial charge in [-0.2, -0.15) is 13.2 Å². The van der Waals surface area contributed by atoms with E-state index in [4.69, 9.17) is 0 Å². The zero-order chi connectivity index (χ0) is 16.8. The molecule has 4 nitrogen and oxygen atoms in total. The summed E-state index contributed by atoms with van der Waals surface area (Å²) in [5, 5.41) is 10.7. The monoisotopic (exact) mass is 322 g/mol. The molecule has 0 fully saturated rings. The number of halogens is 3. The number of hydrogen-bond acceptors (Lipinski definition) is 3. The average Bonchev–Trinajstić information content (AvgIpc) is 2.84. The van der Waals surface area contributed by atoms with Crippen LogP contribution in [0.2, 0.25) is 0 Å². The van der Waals surface area contributed by atoms with Gasteiger partial charge in [0, 0.05) is 30.3 Å². The van der Waals surface area contributed by atoms with Gasteiger partial charge < -0.3 is 4.90 Å². The molecule has 7 heteroatoms. The maximum absolute atomic E-state index is 13.3. The van der Waals surface area contributed by atoms with Crippen LogP contribution in [-0.2, 0) is 6.18 Å². The Morgan fingerprint density at radius 1 is 1.17 bits per heavy atom. The van der Waals surface area contributed by atoms with Gasteiger partial charge in [-0.3, -0.25) is 10.1 Å². The summed E-state index contributed by atoms with van der Waals surface area (Å²) in [5.74, 6) is -0.0532. The lowest BCUT2D eigenvalue weighted by Crippen LogP contribution is -2.18. The highest BCUT2D eigenvalue weighted by atomic mass is 19.4.